The van der Waals surface area contributed by atoms with Crippen molar-refractivity contribution in [1.29, 1.82) is 0 Å². The number of hydrogen-bond donors (Lipinski definition) is 0. The zero-order valence-corrected chi connectivity index (χ0v) is 13.3. The van der Waals surface area contributed by atoms with Gasteiger partial charge in [-0.3, -0.25) is 0 Å². The Morgan fingerprint density at radius 2 is 2.04 bits per heavy atom. The predicted molar refractivity (Wildman–Crippen MR) is 88.1 cm³/mol. The average Bonchev–Trinajstić information content (AvgIpc) is 3.05. The molecule has 0 radical (unpaired) electrons. The van der Waals surface area contributed by atoms with E-state index in [1.807, 2.05) is 40.4 Å². The van der Waals surface area contributed by atoms with Crippen LogP contribution in [0.5, 0.6) is 0 Å². The lowest BCUT2D eigenvalue weighted by molar-refractivity contribution is 0.104. The highest BCUT2D eigenvalue weighted by molar-refractivity contribution is 5.73. The van der Waals surface area contributed by atoms with Gasteiger partial charge < -0.3 is 4.90 Å². The van der Waals surface area contributed by atoms with Crippen LogP contribution in [0.25, 0.3) is 0 Å². The molecule has 0 amide bonds. The van der Waals surface area contributed by atoms with Gasteiger partial charge in [-0.05, 0) is 24.1 Å². The maximum atomic E-state index is 14.0. The maximum Gasteiger partial charge on any atom is 0.173 e. The number of fused-ring (bicyclic) bond motifs is 6. The molecule has 3 aliphatic heterocycles. The molecule has 1 aliphatic carbocycles. The normalized spacial score (nSPS) is 23.7. The van der Waals surface area contributed by atoms with Crippen molar-refractivity contribution < 1.29 is 4.48 Å². The number of aromatic nitrogens is 3. The van der Waals surface area contributed by atoms with Crippen LogP contribution in [0.1, 0.15) is 36.2 Å². The van der Waals surface area contributed by atoms with Crippen LogP contribution >= 0.6 is 0 Å². The summed E-state index contributed by atoms with van der Waals surface area (Å²) in [5.41, 5.74) is 3.02. The van der Waals surface area contributed by atoms with Gasteiger partial charge in [0.2, 0.25) is 0 Å². The van der Waals surface area contributed by atoms with Gasteiger partial charge in [0.05, 0.1) is 23.8 Å². The number of nitrogens with zero attached hydrogens (tertiary/aromatic N) is 8. The molecule has 0 spiro atoms. The van der Waals surface area contributed by atoms with Crippen LogP contribution in [0.3, 0.4) is 0 Å². The minimum atomic E-state index is -0.237. The van der Waals surface area contributed by atoms with Crippen LogP contribution in [0.4, 0.5) is 10.2 Å². The van der Waals surface area contributed by atoms with Gasteiger partial charge in [-0.15, -0.1) is 9.89 Å². The summed E-state index contributed by atoms with van der Waals surface area (Å²) in [5.74, 6) is 1.25. The van der Waals surface area contributed by atoms with Crippen LogP contribution in [0.2, 0.25) is 0 Å². The molecule has 4 aliphatic rings. The van der Waals surface area contributed by atoms with Gasteiger partial charge in [0.1, 0.15) is 13.0 Å². The molecule has 2 aromatic rings. The largest absolute Gasteiger partial charge is 0.304 e. The van der Waals surface area contributed by atoms with Gasteiger partial charge in [-0.2, -0.15) is 10.2 Å². The number of aliphatic imine (C=N–C) groups is 1. The van der Waals surface area contributed by atoms with Gasteiger partial charge in [0.25, 0.3) is 0 Å². The average molecular weight is 338 g/mol. The number of benzene rings is 1. The molecule has 6 rings (SSSR count). The van der Waals surface area contributed by atoms with Crippen molar-refractivity contribution in [1.82, 2.24) is 25.2 Å². The van der Waals surface area contributed by atoms with Gasteiger partial charge in [-0.1, -0.05) is 22.7 Å². The van der Waals surface area contributed by atoms with Crippen molar-refractivity contribution in [2.24, 2.45) is 4.99 Å². The summed E-state index contributed by atoms with van der Waals surface area (Å²) in [5, 5.41) is 12.9. The Morgan fingerprint density at radius 3 is 2.92 bits per heavy atom. The first kappa shape index (κ1) is 13.2. The van der Waals surface area contributed by atoms with Crippen molar-refractivity contribution in [3.8, 4) is 0 Å². The fourth-order valence-electron chi connectivity index (χ4n) is 3.66. The first-order valence-corrected chi connectivity index (χ1v) is 8.34. The molecule has 1 unspecified atom stereocenters. The third kappa shape index (κ3) is 1.77. The van der Waals surface area contributed by atoms with Crippen LogP contribution in [-0.2, 0) is 0 Å². The molecule has 4 heterocycles. The van der Waals surface area contributed by atoms with E-state index in [9.17, 15) is 4.48 Å². The number of para-hydroxylation sites is 1. The second kappa shape index (κ2) is 4.50. The van der Waals surface area contributed by atoms with E-state index in [-0.39, 0.29) is 12.8 Å². The molecular formula is C16H15FN8. The molecule has 1 atom stereocenters. The van der Waals surface area contributed by atoms with Gasteiger partial charge in [0.15, 0.2) is 12.0 Å². The van der Waals surface area contributed by atoms with Crippen molar-refractivity contribution in [2.75, 3.05) is 16.7 Å². The third-order valence-electron chi connectivity index (χ3n) is 5.02. The maximum absolute atomic E-state index is 14.0. The standard InChI is InChI=1S/C16H15FN8/c17-21-8-15-22(10-21)14-4-2-1-3-12(14)16-18-9-24(25(15)16)23-7-13(19-20-23)11-5-6-11/h1-4,7-9,11,16H,5-6,10H2. The zero-order chi connectivity index (χ0) is 16.5. The number of hydrogen-bond acceptors (Lipinski definition) is 7. The van der Waals surface area contributed by atoms with Crippen LogP contribution in [0.15, 0.2) is 47.5 Å². The third-order valence-corrected chi connectivity index (χ3v) is 5.02. The molecule has 9 heteroatoms. The van der Waals surface area contributed by atoms with E-state index in [4.69, 9.17) is 0 Å². The quantitative estimate of drug-likeness (QED) is 0.779. The van der Waals surface area contributed by atoms with Crippen molar-refractivity contribution in [3.63, 3.8) is 0 Å². The van der Waals surface area contributed by atoms with E-state index in [2.05, 4.69) is 15.3 Å². The van der Waals surface area contributed by atoms with Gasteiger partial charge in [-0.25, -0.2) is 10.0 Å². The number of rotatable bonds is 2. The summed E-state index contributed by atoms with van der Waals surface area (Å²) in [7, 11) is 0. The minimum Gasteiger partial charge on any atom is -0.304 e. The van der Waals surface area contributed by atoms with Crippen LogP contribution in [0, 0.1) is 0 Å². The number of hydrazine groups is 1. The Labute approximate surface area is 142 Å². The monoisotopic (exact) mass is 338 g/mol. The second-order valence-electron chi connectivity index (χ2n) is 6.66. The molecule has 0 N–H and O–H groups in total. The Kier molecular flexibility index (Phi) is 2.38. The van der Waals surface area contributed by atoms with Crippen LogP contribution < -0.4 is 10.0 Å². The molecule has 8 nitrogen and oxygen atoms in total. The minimum absolute atomic E-state index is 0.161. The molecule has 126 valence electrons. The lowest BCUT2D eigenvalue weighted by Crippen LogP contribution is -2.51. The lowest BCUT2D eigenvalue weighted by Gasteiger charge is -2.41. The fourth-order valence-corrected chi connectivity index (χ4v) is 3.66. The number of anilines is 1. The Hall–Kier alpha value is -3.10. The summed E-state index contributed by atoms with van der Waals surface area (Å²) < 4.78 is 14.0. The molecule has 0 saturated heterocycles. The van der Waals surface area contributed by atoms with Gasteiger partial charge in [0, 0.05) is 11.5 Å². The SMILES string of the molecule is FN1C=C2N(C1)c1ccccc1C1N=CN(n3cc(C4CC4)nn3)N21. The topological polar surface area (TPSA) is 56.0 Å². The molecular weight excluding hydrogens is 323 g/mol. The molecule has 1 aromatic carbocycles. The first-order valence-electron chi connectivity index (χ1n) is 8.34. The van der Waals surface area contributed by atoms with E-state index in [1.54, 1.807) is 16.2 Å². The van der Waals surface area contributed by atoms with E-state index < -0.39 is 0 Å². The smallest absolute Gasteiger partial charge is 0.173 e. The van der Waals surface area contributed by atoms with Crippen molar-refractivity contribution >= 4 is 12.0 Å². The molecule has 1 saturated carbocycles. The highest BCUT2D eigenvalue weighted by atomic mass is 19.2. The molecule has 1 fully saturated rings. The second-order valence-corrected chi connectivity index (χ2v) is 6.66. The molecule has 0 bridgehead atoms. The Morgan fingerprint density at radius 1 is 1.16 bits per heavy atom. The first-order chi connectivity index (χ1) is 12.3. The summed E-state index contributed by atoms with van der Waals surface area (Å²) in [6.07, 6.45) is 7.24. The Bertz CT molecular complexity index is 916. The summed E-state index contributed by atoms with van der Waals surface area (Å²) in [6.45, 7) is 0.161. The van der Waals surface area contributed by atoms with E-state index >= 15 is 0 Å². The predicted octanol–water partition coefficient (Wildman–Crippen LogP) is 1.83. The van der Waals surface area contributed by atoms with Gasteiger partial charge >= 0.3 is 0 Å². The van der Waals surface area contributed by atoms with Crippen molar-refractivity contribution in [3.05, 3.63) is 53.7 Å². The summed E-state index contributed by atoms with van der Waals surface area (Å²) in [6, 6.07) is 7.97. The highest BCUT2D eigenvalue weighted by Gasteiger charge is 2.44. The fraction of sp³-hybridized carbons (Fsp3) is 0.312. The van der Waals surface area contributed by atoms with E-state index in [0.29, 0.717) is 11.0 Å². The summed E-state index contributed by atoms with van der Waals surface area (Å²) >= 11 is 0. The lowest BCUT2D eigenvalue weighted by atomic mass is 10.1. The highest BCUT2D eigenvalue weighted by Crippen LogP contribution is 2.45. The zero-order valence-electron chi connectivity index (χ0n) is 13.3. The Balaban J connectivity index is 1.45. The van der Waals surface area contributed by atoms with Crippen molar-refractivity contribution in [2.45, 2.75) is 24.9 Å². The van der Waals surface area contributed by atoms with E-state index in [1.165, 1.54) is 19.0 Å². The molecule has 1 aromatic heterocycles. The molecule has 25 heavy (non-hydrogen) atoms. The number of halogens is 1. The van der Waals surface area contributed by atoms with Crippen LogP contribution in [-0.4, -0.2) is 38.2 Å². The summed E-state index contributed by atoms with van der Waals surface area (Å²) in [4.78, 5) is 8.25. The van der Waals surface area contributed by atoms with E-state index in [0.717, 1.165) is 22.8 Å².